The Hall–Kier alpha value is -3.57. The van der Waals surface area contributed by atoms with Gasteiger partial charge in [0, 0.05) is 12.6 Å². The summed E-state index contributed by atoms with van der Waals surface area (Å²) in [7, 11) is -4.55. The zero-order valence-corrected chi connectivity index (χ0v) is 26.9. The molecular formula is C32H37ClF3N3O4S. The molecule has 0 saturated heterocycles. The van der Waals surface area contributed by atoms with Crippen LogP contribution >= 0.6 is 11.6 Å². The first-order valence-corrected chi connectivity index (χ1v) is 16.0. The summed E-state index contributed by atoms with van der Waals surface area (Å²) in [4.78, 5) is 28.5. The Morgan fingerprint density at radius 2 is 1.48 bits per heavy atom. The molecule has 0 spiro atoms. The van der Waals surface area contributed by atoms with E-state index in [-0.39, 0.29) is 23.9 Å². The first-order valence-electron chi connectivity index (χ1n) is 14.2. The first kappa shape index (κ1) is 34.9. The summed E-state index contributed by atoms with van der Waals surface area (Å²) >= 11 is 5.83. The fourth-order valence-corrected chi connectivity index (χ4v) is 6.13. The van der Waals surface area contributed by atoms with E-state index in [2.05, 4.69) is 5.32 Å². The molecule has 0 unspecified atom stereocenters. The predicted octanol–water partition coefficient (Wildman–Crippen LogP) is 6.89. The van der Waals surface area contributed by atoms with Crippen LogP contribution in [0.1, 0.15) is 55.9 Å². The molecule has 3 aromatic rings. The molecule has 238 valence electrons. The average molecular weight is 652 g/mol. The fourth-order valence-electron chi connectivity index (χ4n) is 4.50. The normalized spacial score (nSPS) is 13.2. The van der Waals surface area contributed by atoms with Crippen LogP contribution in [0.2, 0.25) is 5.02 Å². The Kier molecular flexibility index (Phi) is 11.5. The van der Waals surface area contributed by atoms with Crippen LogP contribution in [-0.4, -0.2) is 43.8 Å². The topological polar surface area (TPSA) is 86.8 Å². The van der Waals surface area contributed by atoms with Crippen molar-refractivity contribution in [2.24, 2.45) is 0 Å². The maximum Gasteiger partial charge on any atom is 0.417 e. The number of hydrogen-bond acceptors (Lipinski definition) is 4. The number of hydrogen-bond donors (Lipinski definition) is 1. The third kappa shape index (κ3) is 8.53. The standard InChI is InChI=1S/C32H37ClF3N3O4S/c1-6-23(5)37-31(41)29(7-2)38(19-24-12-8-21(3)9-13-24)30(40)20-39(44(42,43)26-15-10-22(4)11-16-26)25-14-17-28(33)27(18-25)32(34,35)36/h8-18,23,29H,6-7,19-20H2,1-5H3,(H,37,41)/t23-,29-/m0/s1. The molecule has 2 atom stereocenters. The van der Waals surface area contributed by atoms with Gasteiger partial charge < -0.3 is 10.2 Å². The Labute approximate surface area is 262 Å². The third-order valence-electron chi connectivity index (χ3n) is 7.29. The molecular weight excluding hydrogens is 615 g/mol. The van der Waals surface area contributed by atoms with Gasteiger partial charge in [0.05, 0.1) is 21.2 Å². The molecule has 0 heterocycles. The van der Waals surface area contributed by atoms with Crippen LogP contribution in [0.15, 0.2) is 71.6 Å². The summed E-state index contributed by atoms with van der Waals surface area (Å²) in [5.74, 6) is -1.18. The molecule has 0 aliphatic heterocycles. The number of amides is 2. The third-order valence-corrected chi connectivity index (χ3v) is 9.41. The molecule has 3 rings (SSSR count). The monoisotopic (exact) mass is 651 g/mol. The van der Waals surface area contributed by atoms with Crippen LogP contribution in [0.25, 0.3) is 0 Å². The SMILES string of the molecule is CC[C@H](C)NC(=O)[C@H](CC)N(Cc1ccc(C)cc1)C(=O)CN(c1ccc(Cl)c(C(F)(F)F)c1)S(=O)(=O)c1ccc(C)cc1. The van der Waals surface area contributed by atoms with E-state index in [1.165, 1.54) is 17.0 Å². The Morgan fingerprint density at radius 3 is 2.00 bits per heavy atom. The number of carbonyl (C=O) groups excluding carboxylic acids is 2. The van der Waals surface area contributed by atoms with Crippen LogP contribution in [0.3, 0.4) is 0 Å². The predicted molar refractivity (Wildman–Crippen MR) is 166 cm³/mol. The van der Waals surface area contributed by atoms with Gasteiger partial charge in [-0.05, 0) is 69.5 Å². The maximum absolute atomic E-state index is 14.1. The van der Waals surface area contributed by atoms with E-state index in [0.717, 1.165) is 23.3 Å². The zero-order valence-electron chi connectivity index (χ0n) is 25.3. The van der Waals surface area contributed by atoms with Crippen LogP contribution < -0.4 is 9.62 Å². The highest BCUT2D eigenvalue weighted by Gasteiger charge is 2.37. The molecule has 0 radical (unpaired) electrons. The summed E-state index contributed by atoms with van der Waals surface area (Å²) in [6.07, 6.45) is -4.02. The van der Waals surface area contributed by atoms with E-state index >= 15 is 0 Å². The van der Waals surface area contributed by atoms with Crippen molar-refractivity contribution in [3.8, 4) is 0 Å². The van der Waals surface area contributed by atoms with Crippen molar-refractivity contribution in [3.63, 3.8) is 0 Å². The molecule has 2 amide bonds. The van der Waals surface area contributed by atoms with Crippen molar-refractivity contribution in [3.05, 3.63) is 94.0 Å². The molecule has 0 aliphatic rings. The summed E-state index contributed by atoms with van der Waals surface area (Å²) in [5.41, 5.74) is 0.788. The van der Waals surface area contributed by atoms with Crippen molar-refractivity contribution < 1.29 is 31.2 Å². The Bertz CT molecular complexity index is 1560. The van der Waals surface area contributed by atoms with Gasteiger partial charge in [-0.25, -0.2) is 8.42 Å². The minimum Gasteiger partial charge on any atom is -0.352 e. The highest BCUT2D eigenvalue weighted by Crippen LogP contribution is 2.38. The first-order chi connectivity index (χ1) is 20.6. The summed E-state index contributed by atoms with van der Waals surface area (Å²) in [6, 6.07) is 14.5. The van der Waals surface area contributed by atoms with Crippen molar-refractivity contribution in [1.82, 2.24) is 10.2 Å². The van der Waals surface area contributed by atoms with Crippen LogP contribution in [-0.2, 0) is 32.3 Å². The number of carbonyl (C=O) groups is 2. The van der Waals surface area contributed by atoms with E-state index in [9.17, 15) is 31.2 Å². The van der Waals surface area contributed by atoms with Gasteiger partial charge in [-0.1, -0.05) is 73.0 Å². The summed E-state index contributed by atoms with van der Waals surface area (Å²) in [5, 5.41) is 2.27. The molecule has 0 aliphatic carbocycles. The van der Waals surface area contributed by atoms with E-state index in [0.29, 0.717) is 22.4 Å². The van der Waals surface area contributed by atoms with Gasteiger partial charge in [0.15, 0.2) is 0 Å². The lowest BCUT2D eigenvalue weighted by Gasteiger charge is -2.34. The lowest BCUT2D eigenvalue weighted by atomic mass is 10.1. The molecule has 1 N–H and O–H groups in total. The van der Waals surface area contributed by atoms with Crippen molar-refractivity contribution in [1.29, 1.82) is 0 Å². The second-order valence-electron chi connectivity index (χ2n) is 10.7. The Balaban J connectivity index is 2.15. The van der Waals surface area contributed by atoms with Gasteiger partial charge in [-0.15, -0.1) is 0 Å². The minimum atomic E-state index is -4.88. The van der Waals surface area contributed by atoms with E-state index in [1.54, 1.807) is 38.1 Å². The lowest BCUT2D eigenvalue weighted by Crippen LogP contribution is -2.53. The summed E-state index contributed by atoms with van der Waals surface area (Å²) in [6.45, 7) is 8.21. The van der Waals surface area contributed by atoms with Crippen LogP contribution in [0, 0.1) is 13.8 Å². The van der Waals surface area contributed by atoms with Gasteiger partial charge in [0.2, 0.25) is 11.8 Å². The summed E-state index contributed by atoms with van der Waals surface area (Å²) < 4.78 is 70.0. The maximum atomic E-state index is 14.1. The zero-order chi connectivity index (χ0) is 32.8. The molecule has 12 heteroatoms. The molecule has 44 heavy (non-hydrogen) atoms. The second-order valence-corrected chi connectivity index (χ2v) is 13.0. The number of nitrogens with zero attached hydrogens (tertiary/aromatic N) is 2. The number of nitrogens with one attached hydrogen (secondary N) is 1. The fraction of sp³-hybridized carbons (Fsp3) is 0.375. The van der Waals surface area contributed by atoms with E-state index in [1.807, 2.05) is 32.9 Å². The van der Waals surface area contributed by atoms with Crippen LogP contribution in [0.4, 0.5) is 18.9 Å². The molecule has 0 saturated carbocycles. The lowest BCUT2D eigenvalue weighted by molar-refractivity contribution is -0.140. The van der Waals surface area contributed by atoms with Gasteiger partial charge >= 0.3 is 6.18 Å². The smallest absolute Gasteiger partial charge is 0.352 e. The van der Waals surface area contributed by atoms with Crippen LogP contribution in [0.5, 0.6) is 0 Å². The number of aryl methyl sites for hydroxylation is 2. The molecule has 0 fully saturated rings. The number of halogens is 4. The molecule has 7 nitrogen and oxygen atoms in total. The molecule has 0 bridgehead atoms. The Morgan fingerprint density at radius 1 is 0.909 bits per heavy atom. The highest BCUT2D eigenvalue weighted by molar-refractivity contribution is 7.92. The number of benzene rings is 3. The number of anilines is 1. The van der Waals surface area contributed by atoms with E-state index < -0.39 is 56.9 Å². The van der Waals surface area contributed by atoms with Crippen molar-refractivity contribution >= 4 is 39.1 Å². The second kappa shape index (κ2) is 14.5. The highest BCUT2D eigenvalue weighted by atomic mass is 35.5. The largest absolute Gasteiger partial charge is 0.417 e. The minimum absolute atomic E-state index is 0.0294. The van der Waals surface area contributed by atoms with Gasteiger partial charge in [0.1, 0.15) is 12.6 Å². The van der Waals surface area contributed by atoms with Gasteiger partial charge in [0.25, 0.3) is 10.0 Å². The molecule has 0 aromatic heterocycles. The van der Waals surface area contributed by atoms with Gasteiger partial charge in [-0.3, -0.25) is 13.9 Å². The van der Waals surface area contributed by atoms with Gasteiger partial charge in [-0.2, -0.15) is 13.2 Å². The van der Waals surface area contributed by atoms with Crippen molar-refractivity contribution in [2.75, 3.05) is 10.8 Å². The number of rotatable bonds is 12. The quantitative estimate of drug-likeness (QED) is 0.231. The number of sulfonamides is 1. The van der Waals surface area contributed by atoms with Crippen molar-refractivity contribution in [2.45, 2.75) is 77.2 Å². The number of alkyl halides is 3. The van der Waals surface area contributed by atoms with E-state index in [4.69, 9.17) is 11.6 Å². The average Bonchev–Trinajstić information content (AvgIpc) is 2.96. The molecule has 3 aromatic carbocycles.